The Balaban J connectivity index is 2.83. The van der Waals surface area contributed by atoms with Crippen molar-refractivity contribution in [2.24, 2.45) is 0 Å². The van der Waals surface area contributed by atoms with E-state index in [1.165, 1.54) is 6.33 Å². The predicted molar refractivity (Wildman–Crippen MR) is 28.0 cm³/mol. The van der Waals surface area contributed by atoms with E-state index in [9.17, 15) is 0 Å². The molecule has 0 bridgehead atoms. The molecule has 1 radical (unpaired) electrons. The highest BCUT2D eigenvalue weighted by Gasteiger charge is 1.85. The largest absolute Gasteiger partial charge is 0.237 e. The van der Waals surface area contributed by atoms with Crippen LogP contribution in [-0.4, -0.2) is 15.2 Å². The van der Waals surface area contributed by atoms with Crippen molar-refractivity contribution in [3.63, 3.8) is 0 Å². The summed E-state index contributed by atoms with van der Waals surface area (Å²) in [4.78, 5) is 3.87. The second kappa shape index (κ2) is 2.35. The van der Waals surface area contributed by atoms with Crippen molar-refractivity contribution in [2.45, 2.75) is 13.3 Å². The van der Waals surface area contributed by atoms with Crippen LogP contribution in [0, 0.1) is 6.20 Å². The molecule has 0 saturated carbocycles. The van der Waals surface area contributed by atoms with Crippen molar-refractivity contribution >= 4 is 0 Å². The highest BCUT2D eigenvalue weighted by molar-refractivity contribution is 4.87. The van der Waals surface area contributed by atoms with Gasteiger partial charge in [0.15, 0.2) is 0 Å². The van der Waals surface area contributed by atoms with Gasteiger partial charge in [-0.05, 0) is 6.42 Å². The first-order chi connectivity index (χ1) is 3.93. The zero-order valence-corrected chi connectivity index (χ0v) is 4.63. The van der Waals surface area contributed by atoms with E-state index in [0.29, 0.717) is 0 Å². The normalized spacial score (nSPS) is 9.12. The third-order valence-corrected chi connectivity index (χ3v) is 0.837. The van der Waals surface area contributed by atoms with Gasteiger partial charge in [-0.25, -0.2) is 4.98 Å². The average molecular weight is 108 g/mol. The molecule has 0 N–H and O–H groups in total. The maximum Gasteiger partial charge on any atom is 0.138 e. The second-order valence-corrected chi connectivity index (χ2v) is 1.37. The van der Waals surface area contributed by atoms with Crippen molar-refractivity contribution in [1.29, 1.82) is 0 Å². The predicted octanol–water partition coefficient (Wildman–Crippen LogP) is 0.234. The topological polar surface area (TPSA) is 38.7 Å². The van der Waals surface area contributed by atoms with Gasteiger partial charge < -0.3 is 0 Å². The first-order valence-electron chi connectivity index (χ1n) is 2.47. The van der Waals surface area contributed by atoms with E-state index in [1.807, 2.05) is 6.92 Å². The van der Waals surface area contributed by atoms with Crippen molar-refractivity contribution < 1.29 is 0 Å². The van der Waals surface area contributed by atoms with Crippen LogP contribution in [0.15, 0.2) is 6.33 Å². The molecule has 3 nitrogen and oxygen atoms in total. The molecular weight excluding hydrogens is 102 g/mol. The molecule has 0 atom stereocenters. The number of hydrogen-bond acceptors (Lipinski definition) is 3. The quantitative estimate of drug-likeness (QED) is 0.517. The maximum absolute atomic E-state index is 3.87. The van der Waals surface area contributed by atoms with Crippen LogP contribution < -0.4 is 0 Å². The molecule has 0 aromatic carbocycles. The van der Waals surface area contributed by atoms with Crippen molar-refractivity contribution in [1.82, 2.24) is 15.2 Å². The first-order valence-corrected chi connectivity index (χ1v) is 2.47. The Morgan fingerprint density at radius 3 is 3.00 bits per heavy atom. The van der Waals surface area contributed by atoms with E-state index in [2.05, 4.69) is 21.4 Å². The van der Waals surface area contributed by atoms with Gasteiger partial charge in [0.05, 0.1) is 5.69 Å². The summed E-state index contributed by atoms with van der Waals surface area (Å²) in [5.41, 5.74) is 0.861. The van der Waals surface area contributed by atoms with Gasteiger partial charge in [0.1, 0.15) is 12.5 Å². The number of rotatable bonds is 1. The van der Waals surface area contributed by atoms with Crippen molar-refractivity contribution in [2.75, 3.05) is 0 Å². The van der Waals surface area contributed by atoms with Crippen molar-refractivity contribution in [3.8, 4) is 0 Å². The molecule has 0 fully saturated rings. The summed E-state index contributed by atoms with van der Waals surface area (Å²) in [7, 11) is 0. The van der Waals surface area contributed by atoms with Crippen LogP contribution >= 0.6 is 0 Å². The Kier molecular flexibility index (Phi) is 1.51. The molecule has 1 aromatic rings. The molecule has 3 heteroatoms. The van der Waals surface area contributed by atoms with Crippen LogP contribution in [0.3, 0.4) is 0 Å². The summed E-state index contributed by atoms with van der Waals surface area (Å²) in [6.07, 6.45) is 4.94. The molecule has 1 heterocycles. The van der Waals surface area contributed by atoms with E-state index in [1.54, 1.807) is 0 Å². The SMILES string of the molecule is CCc1[c]nncn1. The third kappa shape index (κ3) is 0.992. The minimum atomic E-state index is 0.861. The van der Waals surface area contributed by atoms with Gasteiger partial charge in [-0.2, -0.15) is 0 Å². The number of aryl methyl sites for hydroxylation is 1. The standard InChI is InChI=1S/C5H6N3/c1-2-5-3-7-8-4-6-5/h4H,2H2,1H3. The molecular formula is C5H6N3. The minimum absolute atomic E-state index is 0.861. The zero-order valence-electron chi connectivity index (χ0n) is 4.63. The average Bonchev–Trinajstić information content (AvgIpc) is 1.90. The van der Waals surface area contributed by atoms with Crippen LogP contribution in [-0.2, 0) is 6.42 Å². The first kappa shape index (κ1) is 5.15. The fraction of sp³-hybridized carbons (Fsp3) is 0.400. The summed E-state index contributed by atoms with van der Waals surface area (Å²) >= 11 is 0. The minimum Gasteiger partial charge on any atom is -0.237 e. The summed E-state index contributed by atoms with van der Waals surface area (Å²) in [6.45, 7) is 2.00. The van der Waals surface area contributed by atoms with E-state index in [0.717, 1.165) is 12.1 Å². The summed E-state index contributed by atoms with van der Waals surface area (Å²) in [5, 5.41) is 6.99. The van der Waals surface area contributed by atoms with Gasteiger partial charge in [-0.1, -0.05) is 6.92 Å². The van der Waals surface area contributed by atoms with E-state index in [-0.39, 0.29) is 0 Å². The lowest BCUT2D eigenvalue weighted by Crippen LogP contribution is -1.89. The second-order valence-electron chi connectivity index (χ2n) is 1.37. The lowest BCUT2D eigenvalue weighted by atomic mass is 10.4. The summed E-state index contributed by atoms with van der Waals surface area (Å²) < 4.78 is 0. The van der Waals surface area contributed by atoms with Crippen LogP contribution in [0.4, 0.5) is 0 Å². The molecule has 0 aliphatic rings. The number of nitrogens with zero attached hydrogens (tertiary/aromatic N) is 3. The smallest absolute Gasteiger partial charge is 0.138 e. The highest BCUT2D eigenvalue weighted by atomic mass is 15.1. The van der Waals surface area contributed by atoms with E-state index in [4.69, 9.17) is 0 Å². The van der Waals surface area contributed by atoms with Crippen LogP contribution in [0.1, 0.15) is 12.6 Å². The zero-order chi connectivity index (χ0) is 5.82. The van der Waals surface area contributed by atoms with Crippen LogP contribution in [0.2, 0.25) is 0 Å². The van der Waals surface area contributed by atoms with Gasteiger partial charge >= 0.3 is 0 Å². The molecule has 1 rings (SSSR count). The molecule has 41 valence electrons. The monoisotopic (exact) mass is 108 g/mol. The van der Waals surface area contributed by atoms with Gasteiger partial charge in [0, 0.05) is 0 Å². The molecule has 0 aliphatic carbocycles. The van der Waals surface area contributed by atoms with E-state index < -0.39 is 0 Å². The molecule has 0 aliphatic heterocycles. The number of hydrogen-bond donors (Lipinski definition) is 0. The Bertz CT molecular complexity index is 149. The van der Waals surface area contributed by atoms with Gasteiger partial charge in [0.25, 0.3) is 0 Å². The Hall–Kier alpha value is -0.990. The Labute approximate surface area is 47.8 Å². The lowest BCUT2D eigenvalue weighted by molar-refractivity contribution is 0.891. The fourth-order valence-corrected chi connectivity index (χ4v) is 0.407. The molecule has 0 spiro atoms. The third-order valence-electron chi connectivity index (χ3n) is 0.837. The molecule has 1 aromatic heterocycles. The molecule has 0 unspecified atom stereocenters. The summed E-state index contributed by atoms with van der Waals surface area (Å²) in [6, 6.07) is 0. The molecule has 8 heavy (non-hydrogen) atoms. The van der Waals surface area contributed by atoms with Gasteiger partial charge in [-0.15, -0.1) is 10.2 Å². The van der Waals surface area contributed by atoms with Gasteiger partial charge in [0.2, 0.25) is 0 Å². The highest BCUT2D eigenvalue weighted by Crippen LogP contribution is 1.84. The van der Waals surface area contributed by atoms with E-state index >= 15 is 0 Å². The van der Waals surface area contributed by atoms with Crippen molar-refractivity contribution in [3.05, 3.63) is 18.2 Å². The number of aromatic nitrogens is 3. The molecule has 0 amide bonds. The Morgan fingerprint density at radius 1 is 1.75 bits per heavy atom. The van der Waals surface area contributed by atoms with Crippen LogP contribution in [0.25, 0.3) is 0 Å². The van der Waals surface area contributed by atoms with Gasteiger partial charge in [-0.3, -0.25) is 0 Å². The summed E-state index contributed by atoms with van der Waals surface area (Å²) in [5.74, 6) is 0. The Morgan fingerprint density at radius 2 is 2.62 bits per heavy atom. The maximum atomic E-state index is 3.87. The van der Waals surface area contributed by atoms with Crippen LogP contribution in [0.5, 0.6) is 0 Å². The lowest BCUT2D eigenvalue weighted by Gasteiger charge is -1.85. The molecule has 0 saturated heterocycles. The fourth-order valence-electron chi connectivity index (χ4n) is 0.407.